The Morgan fingerprint density at radius 2 is 2.12 bits per heavy atom. The summed E-state index contributed by atoms with van der Waals surface area (Å²) in [7, 11) is 0. The number of hydrogen-bond donors (Lipinski definition) is 1. The predicted molar refractivity (Wildman–Crippen MR) is 61.6 cm³/mol. The van der Waals surface area contributed by atoms with Gasteiger partial charge in [0.05, 0.1) is 0 Å². The van der Waals surface area contributed by atoms with Gasteiger partial charge in [0.15, 0.2) is 0 Å². The van der Waals surface area contributed by atoms with Crippen molar-refractivity contribution >= 4 is 5.97 Å². The Hall–Kier alpha value is -1.58. The fraction of sp³-hybridized carbons (Fsp3) is 0.500. The summed E-state index contributed by atoms with van der Waals surface area (Å²) in [5.74, 6) is -0.728. The minimum absolute atomic E-state index is 0.231. The summed E-state index contributed by atoms with van der Waals surface area (Å²) in [5, 5.41) is 9.11. The van der Waals surface area contributed by atoms with Crippen LogP contribution in [0.4, 0.5) is 0 Å². The van der Waals surface area contributed by atoms with Crippen molar-refractivity contribution in [1.82, 2.24) is 4.57 Å². The zero-order valence-electron chi connectivity index (χ0n) is 9.80. The lowest BCUT2D eigenvalue weighted by molar-refractivity contribution is -0.141. The Balaban J connectivity index is 3.11. The zero-order chi connectivity index (χ0) is 12.3. The summed E-state index contributed by atoms with van der Waals surface area (Å²) in [6.07, 6.45) is 2.01. The minimum atomic E-state index is -0.959. The molecule has 0 saturated heterocycles. The molecule has 0 fully saturated rings. The minimum Gasteiger partial charge on any atom is -0.480 e. The molecule has 1 heterocycles. The first-order valence-corrected chi connectivity index (χ1v) is 5.33. The Morgan fingerprint density at radius 3 is 2.56 bits per heavy atom. The summed E-state index contributed by atoms with van der Waals surface area (Å²) >= 11 is 0. The Morgan fingerprint density at radius 1 is 1.50 bits per heavy atom. The van der Waals surface area contributed by atoms with E-state index >= 15 is 0 Å². The summed E-state index contributed by atoms with van der Waals surface area (Å²) in [4.78, 5) is 22.8. The van der Waals surface area contributed by atoms with Crippen LogP contribution in [0.5, 0.6) is 0 Å². The fourth-order valence-corrected chi connectivity index (χ4v) is 1.63. The van der Waals surface area contributed by atoms with Gasteiger partial charge in [0, 0.05) is 12.3 Å². The molecule has 0 aliphatic heterocycles. The highest BCUT2D eigenvalue weighted by Gasteiger charge is 2.21. The largest absolute Gasteiger partial charge is 0.480 e. The monoisotopic (exact) mass is 223 g/mol. The first-order chi connectivity index (χ1) is 7.41. The van der Waals surface area contributed by atoms with Crippen molar-refractivity contribution in [2.45, 2.75) is 33.2 Å². The second-order valence-electron chi connectivity index (χ2n) is 4.43. The number of hydrogen-bond acceptors (Lipinski definition) is 2. The second kappa shape index (κ2) is 4.96. The van der Waals surface area contributed by atoms with Crippen LogP contribution < -0.4 is 5.56 Å². The van der Waals surface area contributed by atoms with Crippen molar-refractivity contribution in [1.29, 1.82) is 0 Å². The molecule has 88 valence electrons. The zero-order valence-corrected chi connectivity index (χ0v) is 9.80. The number of carbonyl (C=O) groups is 1. The fourth-order valence-electron chi connectivity index (χ4n) is 1.63. The highest BCUT2D eigenvalue weighted by atomic mass is 16.4. The number of aliphatic carboxylic acids is 1. The van der Waals surface area contributed by atoms with Crippen LogP contribution in [0.25, 0.3) is 0 Å². The molecule has 0 aliphatic rings. The average molecular weight is 223 g/mol. The molecule has 0 amide bonds. The Labute approximate surface area is 94.5 Å². The van der Waals surface area contributed by atoms with Gasteiger partial charge in [0.2, 0.25) is 0 Å². The maximum atomic E-state index is 11.7. The van der Waals surface area contributed by atoms with Crippen molar-refractivity contribution in [2.24, 2.45) is 5.92 Å². The molecular weight excluding hydrogens is 206 g/mol. The maximum Gasteiger partial charge on any atom is 0.326 e. The van der Waals surface area contributed by atoms with Crippen molar-refractivity contribution in [3.8, 4) is 0 Å². The lowest BCUT2D eigenvalue weighted by Gasteiger charge is -2.17. The van der Waals surface area contributed by atoms with Crippen LogP contribution in [0, 0.1) is 12.8 Å². The molecule has 16 heavy (non-hydrogen) atoms. The standard InChI is InChI=1S/C12H17NO3/c1-8(2)6-10(12(15)16)13-5-4-9(3)7-11(13)14/h4-5,7-8,10H,6H2,1-3H3,(H,15,16). The number of carboxylic acids is 1. The molecule has 1 aromatic rings. The molecular formula is C12H17NO3. The second-order valence-corrected chi connectivity index (χ2v) is 4.43. The molecule has 4 heteroatoms. The predicted octanol–water partition coefficient (Wildman–Crippen LogP) is 1.83. The molecule has 4 nitrogen and oxygen atoms in total. The maximum absolute atomic E-state index is 11.7. The van der Waals surface area contributed by atoms with Gasteiger partial charge in [-0.3, -0.25) is 4.79 Å². The van der Waals surface area contributed by atoms with Crippen LogP contribution in [0.15, 0.2) is 23.1 Å². The first-order valence-electron chi connectivity index (χ1n) is 5.33. The van der Waals surface area contributed by atoms with E-state index in [0.717, 1.165) is 5.56 Å². The quantitative estimate of drug-likeness (QED) is 0.847. The summed E-state index contributed by atoms with van der Waals surface area (Å²) in [6, 6.07) is 2.43. The summed E-state index contributed by atoms with van der Waals surface area (Å²) in [5.41, 5.74) is 0.586. The molecule has 1 aromatic heterocycles. The summed E-state index contributed by atoms with van der Waals surface area (Å²) < 4.78 is 1.29. The van der Waals surface area contributed by atoms with Crippen molar-refractivity contribution < 1.29 is 9.90 Å². The number of aromatic nitrogens is 1. The summed E-state index contributed by atoms with van der Waals surface area (Å²) in [6.45, 7) is 5.69. The van der Waals surface area contributed by atoms with Gasteiger partial charge in [-0.1, -0.05) is 13.8 Å². The van der Waals surface area contributed by atoms with Gasteiger partial charge in [-0.2, -0.15) is 0 Å². The number of nitrogens with zero attached hydrogens (tertiary/aromatic N) is 1. The van der Waals surface area contributed by atoms with Crippen LogP contribution in [-0.2, 0) is 4.79 Å². The van der Waals surface area contributed by atoms with E-state index < -0.39 is 12.0 Å². The van der Waals surface area contributed by atoms with Gasteiger partial charge in [-0.25, -0.2) is 4.79 Å². The van der Waals surface area contributed by atoms with Crippen molar-refractivity contribution in [3.05, 3.63) is 34.2 Å². The highest BCUT2D eigenvalue weighted by Crippen LogP contribution is 2.16. The SMILES string of the molecule is Cc1ccn(C(CC(C)C)C(=O)O)c(=O)c1. The van der Waals surface area contributed by atoms with Crippen LogP contribution in [0.2, 0.25) is 0 Å². The Kier molecular flexibility index (Phi) is 3.88. The molecule has 1 N–H and O–H groups in total. The van der Waals surface area contributed by atoms with E-state index in [1.54, 1.807) is 12.3 Å². The lowest BCUT2D eigenvalue weighted by atomic mass is 10.0. The Bertz CT molecular complexity index is 434. The molecule has 1 unspecified atom stereocenters. The third-order valence-electron chi connectivity index (χ3n) is 2.42. The molecule has 0 bridgehead atoms. The van der Waals surface area contributed by atoms with Gasteiger partial charge in [-0.15, -0.1) is 0 Å². The van der Waals surface area contributed by atoms with E-state index in [1.165, 1.54) is 10.6 Å². The highest BCUT2D eigenvalue weighted by molar-refractivity contribution is 5.71. The van der Waals surface area contributed by atoms with E-state index in [-0.39, 0.29) is 11.5 Å². The number of pyridine rings is 1. The van der Waals surface area contributed by atoms with Gasteiger partial charge < -0.3 is 9.67 Å². The smallest absolute Gasteiger partial charge is 0.326 e. The molecule has 0 saturated carbocycles. The van der Waals surface area contributed by atoms with Crippen LogP contribution in [-0.4, -0.2) is 15.6 Å². The van der Waals surface area contributed by atoms with Crippen LogP contribution in [0.3, 0.4) is 0 Å². The normalized spacial score (nSPS) is 12.8. The molecule has 0 aromatic carbocycles. The van der Waals surface area contributed by atoms with Crippen molar-refractivity contribution in [3.63, 3.8) is 0 Å². The lowest BCUT2D eigenvalue weighted by Crippen LogP contribution is -2.30. The van der Waals surface area contributed by atoms with E-state index in [2.05, 4.69) is 0 Å². The van der Waals surface area contributed by atoms with Crippen LogP contribution >= 0.6 is 0 Å². The number of aryl methyl sites for hydroxylation is 1. The van der Waals surface area contributed by atoms with E-state index in [1.807, 2.05) is 20.8 Å². The third kappa shape index (κ3) is 2.95. The number of rotatable bonds is 4. The number of carboxylic acid groups (broad SMARTS) is 1. The van der Waals surface area contributed by atoms with E-state index in [4.69, 9.17) is 5.11 Å². The average Bonchev–Trinajstić information content (AvgIpc) is 2.14. The van der Waals surface area contributed by atoms with Gasteiger partial charge in [0.1, 0.15) is 6.04 Å². The molecule has 0 radical (unpaired) electrons. The van der Waals surface area contributed by atoms with E-state index in [9.17, 15) is 9.59 Å². The van der Waals surface area contributed by atoms with Gasteiger partial charge in [0.25, 0.3) is 5.56 Å². The molecule has 1 rings (SSSR count). The third-order valence-corrected chi connectivity index (χ3v) is 2.42. The molecule has 1 atom stereocenters. The molecule has 0 aliphatic carbocycles. The van der Waals surface area contributed by atoms with Crippen molar-refractivity contribution in [2.75, 3.05) is 0 Å². The molecule has 0 spiro atoms. The van der Waals surface area contributed by atoms with Gasteiger partial charge in [-0.05, 0) is 30.9 Å². The topological polar surface area (TPSA) is 59.3 Å². The van der Waals surface area contributed by atoms with E-state index in [0.29, 0.717) is 6.42 Å². The first kappa shape index (κ1) is 12.5. The van der Waals surface area contributed by atoms with Gasteiger partial charge >= 0.3 is 5.97 Å². The van der Waals surface area contributed by atoms with Crippen LogP contribution in [0.1, 0.15) is 31.9 Å².